The third kappa shape index (κ3) is 4.16. The van der Waals surface area contributed by atoms with Gasteiger partial charge in [0, 0.05) is 16.5 Å². The van der Waals surface area contributed by atoms with Crippen LogP contribution in [0.2, 0.25) is 0 Å². The average molecular weight is 302 g/mol. The molecular weight excluding hydrogens is 280 g/mol. The molecule has 2 N–H and O–H groups in total. The van der Waals surface area contributed by atoms with Gasteiger partial charge in [0.2, 0.25) is 0 Å². The first-order valence-electron chi connectivity index (χ1n) is 7.24. The minimum atomic E-state index is 0.0812. The minimum absolute atomic E-state index is 0.0812. The Morgan fingerprint density at radius 2 is 1.95 bits per heavy atom. The summed E-state index contributed by atoms with van der Waals surface area (Å²) in [6.45, 7) is 5.39. The van der Waals surface area contributed by atoms with E-state index in [1.807, 2.05) is 54.5 Å². The van der Waals surface area contributed by atoms with Crippen LogP contribution < -0.4 is 5.73 Å². The number of nitrogens with two attached hydrogens (primary N) is 1. The molecule has 4 heteroatoms. The Morgan fingerprint density at radius 1 is 1.24 bits per heavy atom. The maximum atomic E-state index is 12.7. The summed E-state index contributed by atoms with van der Waals surface area (Å²) in [7, 11) is 0. The number of hydrogen-bond acceptors (Lipinski definition) is 3. The van der Waals surface area contributed by atoms with Crippen LogP contribution in [-0.2, 0) is 13.0 Å². The lowest BCUT2D eigenvalue weighted by Crippen LogP contribution is -2.36. The molecule has 0 saturated heterocycles. The van der Waals surface area contributed by atoms with Gasteiger partial charge in [0.05, 0.1) is 6.54 Å². The Kier molecular flexibility index (Phi) is 5.53. The van der Waals surface area contributed by atoms with Gasteiger partial charge in [0.1, 0.15) is 0 Å². The van der Waals surface area contributed by atoms with Gasteiger partial charge in [0.25, 0.3) is 5.91 Å². The number of carbonyl (C=O) groups excluding carboxylic acids is 1. The van der Waals surface area contributed by atoms with Gasteiger partial charge < -0.3 is 10.6 Å². The molecule has 1 aromatic carbocycles. The van der Waals surface area contributed by atoms with E-state index < -0.39 is 0 Å². The summed E-state index contributed by atoms with van der Waals surface area (Å²) >= 11 is 1.68. The van der Waals surface area contributed by atoms with Crippen molar-refractivity contribution in [3.8, 4) is 0 Å². The normalized spacial score (nSPS) is 10.9. The van der Waals surface area contributed by atoms with Crippen molar-refractivity contribution in [2.75, 3.05) is 6.54 Å². The molecule has 0 saturated carbocycles. The number of nitrogens with zero attached hydrogens (tertiary/aromatic N) is 1. The van der Waals surface area contributed by atoms with Crippen molar-refractivity contribution in [2.45, 2.75) is 32.9 Å². The van der Waals surface area contributed by atoms with E-state index in [0.717, 1.165) is 12.0 Å². The molecule has 0 unspecified atom stereocenters. The predicted molar refractivity (Wildman–Crippen MR) is 88.5 cm³/mol. The Balaban J connectivity index is 2.14. The standard InChI is InChI=1S/C17H22N2OS/c1-13(2)19(12-16-4-3-11-21-16)17(20)15-7-5-14(6-8-15)9-10-18/h3-8,11,13H,9-10,12,18H2,1-2H3. The van der Waals surface area contributed by atoms with Crippen LogP contribution in [-0.4, -0.2) is 23.4 Å². The van der Waals surface area contributed by atoms with Crippen LogP contribution in [0, 0.1) is 0 Å². The smallest absolute Gasteiger partial charge is 0.254 e. The fraction of sp³-hybridized carbons (Fsp3) is 0.353. The summed E-state index contributed by atoms with van der Waals surface area (Å²) in [4.78, 5) is 15.8. The highest BCUT2D eigenvalue weighted by Gasteiger charge is 2.19. The molecule has 2 aromatic rings. The van der Waals surface area contributed by atoms with Gasteiger partial charge in [-0.1, -0.05) is 18.2 Å². The summed E-state index contributed by atoms with van der Waals surface area (Å²) in [6, 6.07) is 12.0. The van der Waals surface area contributed by atoms with Crippen LogP contribution in [0.15, 0.2) is 41.8 Å². The number of hydrogen-bond donors (Lipinski definition) is 1. The molecule has 112 valence electrons. The zero-order chi connectivity index (χ0) is 15.2. The molecule has 2 rings (SSSR count). The second-order valence-corrected chi connectivity index (χ2v) is 6.37. The van der Waals surface area contributed by atoms with E-state index in [2.05, 4.69) is 6.07 Å². The fourth-order valence-electron chi connectivity index (χ4n) is 2.21. The van der Waals surface area contributed by atoms with Crippen LogP contribution in [0.5, 0.6) is 0 Å². The average Bonchev–Trinajstić information content (AvgIpc) is 2.98. The maximum absolute atomic E-state index is 12.7. The molecule has 0 radical (unpaired) electrons. The molecule has 0 aliphatic heterocycles. The van der Waals surface area contributed by atoms with Crippen molar-refractivity contribution in [3.05, 3.63) is 57.8 Å². The van der Waals surface area contributed by atoms with Gasteiger partial charge in [0.15, 0.2) is 0 Å². The third-order valence-electron chi connectivity index (χ3n) is 3.42. The Labute approximate surface area is 130 Å². The second kappa shape index (κ2) is 7.38. The lowest BCUT2D eigenvalue weighted by atomic mass is 10.1. The van der Waals surface area contributed by atoms with Crippen LogP contribution >= 0.6 is 11.3 Å². The van der Waals surface area contributed by atoms with Gasteiger partial charge in [-0.25, -0.2) is 0 Å². The molecule has 1 amide bonds. The van der Waals surface area contributed by atoms with Crippen molar-refractivity contribution < 1.29 is 4.79 Å². The van der Waals surface area contributed by atoms with Crippen LogP contribution in [0.1, 0.15) is 34.6 Å². The number of amides is 1. The molecule has 0 aliphatic rings. The predicted octanol–water partition coefficient (Wildman–Crippen LogP) is 3.30. The Morgan fingerprint density at radius 3 is 2.48 bits per heavy atom. The topological polar surface area (TPSA) is 46.3 Å². The summed E-state index contributed by atoms with van der Waals surface area (Å²) in [5.74, 6) is 0.0812. The van der Waals surface area contributed by atoms with Gasteiger partial charge in [-0.2, -0.15) is 0 Å². The fourth-order valence-corrected chi connectivity index (χ4v) is 2.91. The highest BCUT2D eigenvalue weighted by molar-refractivity contribution is 7.09. The quantitative estimate of drug-likeness (QED) is 0.890. The number of carbonyl (C=O) groups is 1. The SMILES string of the molecule is CC(C)N(Cc1cccs1)C(=O)c1ccc(CCN)cc1. The third-order valence-corrected chi connectivity index (χ3v) is 4.29. The Hall–Kier alpha value is -1.65. The molecule has 21 heavy (non-hydrogen) atoms. The number of rotatable bonds is 6. The summed E-state index contributed by atoms with van der Waals surface area (Å²) in [5.41, 5.74) is 7.45. The number of thiophene rings is 1. The van der Waals surface area contributed by atoms with Crippen molar-refractivity contribution in [1.82, 2.24) is 4.90 Å². The molecular formula is C17H22N2OS. The van der Waals surface area contributed by atoms with E-state index in [0.29, 0.717) is 13.1 Å². The molecule has 3 nitrogen and oxygen atoms in total. The largest absolute Gasteiger partial charge is 0.331 e. The molecule has 1 heterocycles. The zero-order valence-electron chi connectivity index (χ0n) is 12.6. The zero-order valence-corrected chi connectivity index (χ0v) is 13.4. The van der Waals surface area contributed by atoms with Crippen molar-refractivity contribution >= 4 is 17.2 Å². The van der Waals surface area contributed by atoms with E-state index in [9.17, 15) is 4.79 Å². The van der Waals surface area contributed by atoms with E-state index >= 15 is 0 Å². The summed E-state index contributed by atoms with van der Waals surface area (Å²) < 4.78 is 0. The van der Waals surface area contributed by atoms with E-state index in [1.54, 1.807) is 11.3 Å². The first-order chi connectivity index (χ1) is 10.1. The first kappa shape index (κ1) is 15.7. The summed E-state index contributed by atoms with van der Waals surface area (Å²) in [6.07, 6.45) is 0.845. The second-order valence-electron chi connectivity index (χ2n) is 5.34. The van der Waals surface area contributed by atoms with Gasteiger partial charge >= 0.3 is 0 Å². The van der Waals surface area contributed by atoms with Crippen LogP contribution in [0.4, 0.5) is 0 Å². The van der Waals surface area contributed by atoms with Crippen LogP contribution in [0.25, 0.3) is 0 Å². The van der Waals surface area contributed by atoms with Gasteiger partial charge in [-0.15, -0.1) is 11.3 Å². The molecule has 0 bridgehead atoms. The van der Waals surface area contributed by atoms with E-state index in [1.165, 1.54) is 10.4 Å². The minimum Gasteiger partial charge on any atom is -0.331 e. The lowest BCUT2D eigenvalue weighted by Gasteiger charge is -2.26. The van der Waals surface area contributed by atoms with E-state index in [-0.39, 0.29) is 11.9 Å². The van der Waals surface area contributed by atoms with Crippen molar-refractivity contribution in [1.29, 1.82) is 0 Å². The van der Waals surface area contributed by atoms with E-state index in [4.69, 9.17) is 5.73 Å². The number of benzene rings is 1. The highest BCUT2D eigenvalue weighted by Crippen LogP contribution is 2.17. The monoisotopic (exact) mass is 302 g/mol. The lowest BCUT2D eigenvalue weighted by molar-refractivity contribution is 0.0692. The molecule has 0 spiro atoms. The molecule has 0 atom stereocenters. The molecule has 0 aliphatic carbocycles. The van der Waals surface area contributed by atoms with Crippen molar-refractivity contribution in [2.24, 2.45) is 5.73 Å². The molecule has 0 fully saturated rings. The van der Waals surface area contributed by atoms with Gasteiger partial charge in [-0.3, -0.25) is 4.79 Å². The Bertz CT molecular complexity index is 561. The van der Waals surface area contributed by atoms with Crippen LogP contribution in [0.3, 0.4) is 0 Å². The summed E-state index contributed by atoms with van der Waals surface area (Å²) in [5, 5.41) is 2.04. The molecule has 1 aromatic heterocycles. The highest BCUT2D eigenvalue weighted by atomic mass is 32.1. The maximum Gasteiger partial charge on any atom is 0.254 e. The first-order valence-corrected chi connectivity index (χ1v) is 8.12. The van der Waals surface area contributed by atoms with Gasteiger partial charge in [-0.05, 0) is 56.0 Å². The van der Waals surface area contributed by atoms with Crippen molar-refractivity contribution in [3.63, 3.8) is 0 Å².